The molecular formula is C19H28ClN3O3. The smallest absolute Gasteiger partial charge is 0.228 e. The van der Waals surface area contributed by atoms with Crippen molar-refractivity contribution in [2.45, 2.75) is 12.3 Å². The van der Waals surface area contributed by atoms with Gasteiger partial charge in [0.05, 0.1) is 12.5 Å². The summed E-state index contributed by atoms with van der Waals surface area (Å²) in [4.78, 5) is 28.7. The third-order valence-electron chi connectivity index (χ3n) is 5.41. The summed E-state index contributed by atoms with van der Waals surface area (Å²) < 4.78 is 5.04. The lowest BCUT2D eigenvalue weighted by Crippen LogP contribution is -2.37. The van der Waals surface area contributed by atoms with Crippen molar-refractivity contribution in [2.75, 3.05) is 46.4 Å². The van der Waals surface area contributed by atoms with Crippen LogP contribution >= 0.6 is 12.4 Å². The minimum Gasteiger partial charge on any atom is -0.383 e. The predicted molar refractivity (Wildman–Crippen MR) is 102 cm³/mol. The molecule has 2 amide bonds. The summed E-state index contributed by atoms with van der Waals surface area (Å²) in [5, 5.41) is 0. The highest BCUT2D eigenvalue weighted by Gasteiger charge is 2.41. The normalized spacial score (nSPS) is 25.5. The van der Waals surface area contributed by atoms with Gasteiger partial charge in [-0.15, -0.1) is 12.4 Å². The number of nitrogens with two attached hydrogens (primary N) is 1. The van der Waals surface area contributed by atoms with E-state index in [1.54, 1.807) is 12.0 Å². The summed E-state index contributed by atoms with van der Waals surface area (Å²) in [6, 6.07) is 10.3. The third-order valence-corrected chi connectivity index (χ3v) is 5.41. The van der Waals surface area contributed by atoms with Crippen molar-refractivity contribution in [1.82, 2.24) is 9.80 Å². The Morgan fingerprint density at radius 3 is 2.62 bits per heavy atom. The van der Waals surface area contributed by atoms with Crippen LogP contribution in [0.4, 0.5) is 0 Å². The summed E-state index contributed by atoms with van der Waals surface area (Å²) in [5.74, 6) is 0.442. The van der Waals surface area contributed by atoms with Crippen LogP contribution in [0.2, 0.25) is 0 Å². The topological polar surface area (TPSA) is 75.9 Å². The van der Waals surface area contributed by atoms with Crippen LogP contribution in [-0.4, -0.2) is 68.1 Å². The molecule has 3 rings (SSSR count). The minimum atomic E-state index is -0.239. The van der Waals surface area contributed by atoms with Gasteiger partial charge < -0.3 is 20.3 Å². The van der Waals surface area contributed by atoms with Gasteiger partial charge in [0.1, 0.15) is 0 Å². The average Bonchev–Trinajstić information content (AvgIpc) is 3.24. The van der Waals surface area contributed by atoms with E-state index in [-0.39, 0.29) is 42.0 Å². The van der Waals surface area contributed by atoms with Crippen LogP contribution in [0.5, 0.6) is 0 Å². The summed E-state index contributed by atoms with van der Waals surface area (Å²) in [7, 11) is 1.62. The van der Waals surface area contributed by atoms with Crippen molar-refractivity contribution in [3.63, 3.8) is 0 Å². The lowest BCUT2D eigenvalue weighted by Gasteiger charge is -2.21. The highest BCUT2D eigenvalue weighted by molar-refractivity contribution is 5.89. The lowest BCUT2D eigenvalue weighted by molar-refractivity contribution is -0.135. The van der Waals surface area contributed by atoms with Gasteiger partial charge in [0.15, 0.2) is 0 Å². The number of amides is 2. The maximum atomic E-state index is 12.9. The molecule has 0 radical (unpaired) electrons. The second-order valence-electron chi connectivity index (χ2n) is 6.99. The molecule has 0 spiro atoms. The van der Waals surface area contributed by atoms with Gasteiger partial charge in [0.2, 0.25) is 11.8 Å². The van der Waals surface area contributed by atoms with Crippen LogP contribution in [-0.2, 0) is 14.3 Å². The molecule has 2 aliphatic rings. The van der Waals surface area contributed by atoms with Crippen molar-refractivity contribution in [3.8, 4) is 0 Å². The number of nitrogens with zero attached hydrogens (tertiary/aromatic N) is 2. The molecule has 0 aliphatic carbocycles. The van der Waals surface area contributed by atoms with Gasteiger partial charge in [-0.05, 0) is 18.0 Å². The van der Waals surface area contributed by atoms with Crippen LogP contribution < -0.4 is 5.73 Å². The molecule has 7 heteroatoms. The molecule has 2 aliphatic heterocycles. The van der Waals surface area contributed by atoms with E-state index in [1.807, 2.05) is 23.1 Å². The van der Waals surface area contributed by atoms with Gasteiger partial charge in [-0.25, -0.2) is 0 Å². The first-order chi connectivity index (χ1) is 12.1. The van der Waals surface area contributed by atoms with Crippen LogP contribution in [0.3, 0.4) is 0 Å². The minimum absolute atomic E-state index is 0. The zero-order chi connectivity index (χ0) is 17.8. The molecule has 0 saturated carbocycles. The lowest BCUT2D eigenvalue weighted by atomic mass is 9.89. The van der Waals surface area contributed by atoms with Crippen LogP contribution in [0, 0.1) is 11.8 Å². The van der Waals surface area contributed by atoms with Crippen molar-refractivity contribution in [3.05, 3.63) is 35.9 Å². The Hall–Kier alpha value is -1.63. The molecule has 0 aromatic heterocycles. The number of rotatable bonds is 6. The zero-order valence-corrected chi connectivity index (χ0v) is 16.0. The van der Waals surface area contributed by atoms with Crippen molar-refractivity contribution in [1.29, 1.82) is 0 Å². The molecule has 6 nitrogen and oxygen atoms in total. The Bertz CT molecular complexity index is 613. The first-order valence-corrected chi connectivity index (χ1v) is 8.94. The van der Waals surface area contributed by atoms with Gasteiger partial charge >= 0.3 is 0 Å². The molecule has 2 fully saturated rings. The van der Waals surface area contributed by atoms with E-state index < -0.39 is 0 Å². The molecule has 1 aromatic carbocycles. The maximum absolute atomic E-state index is 12.9. The first-order valence-electron chi connectivity index (χ1n) is 8.94. The summed E-state index contributed by atoms with van der Waals surface area (Å²) in [6.45, 7) is 3.48. The molecular weight excluding hydrogens is 354 g/mol. The SMILES string of the molecule is COCCN1CC(C(=O)N2C[C@@H](CN)[C@H](c3ccccc3)C2)CC1=O.Cl. The number of likely N-dealkylation sites (tertiary alicyclic amines) is 2. The Morgan fingerprint density at radius 2 is 1.96 bits per heavy atom. The molecule has 2 heterocycles. The fraction of sp³-hybridized carbons (Fsp3) is 0.579. The van der Waals surface area contributed by atoms with E-state index >= 15 is 0 Å². The van der Waals surface area contributed by atoms with Crippen molar-refractivity contribution >= 4 is 24.2 Å². The number of benzene rings is 1. The Kier molecular flexibility index (Phi) is 7.43. The quantitative estimate of drug-likeness (QED) is 0.800. The van der Waals surface area contributed by atoms with Gasteiger partial charge in [0.25, 0.3) is 0 Å². The van der Waals surface area contributed by atoms with Crippen molar-refractivity contribution in [2.24, 2.45) is 17.6 Å². The van der Waals surface area contributed by atoms with Crippen LogP contribution in [0.15, 0.2) is 30.3 Å². The van der Waals surface area contributed by atoms with Crippen LogP contribution in [0.1, 0.15) is 17.9 Å². The summed E-state index contributed by atoms with van der Waals surface area (Å²) >= 11 is 0. The van der Waals surface area contributed by atoms with Crippen molar-refractivity contribution < 1.29 is 14.3 Å². The fourth-order valence-corrected chi connectivity index (χ4v) is 3.98. The average molecular weight is 382 g/mol. The predicted octanol–water partition coefficient (Wildman–Crippen LogP) is 1.10. The molecule has 144 valence electrons. The van der Waals surface area contributed by atoms with E-state index in [4.69, 9.17) is 10.5 Å². The second-order valence-corrected chi connectivity index (χ2v) is 6.99. The number of hydrogen-bond donors (Lipinski definition) is 1. The standard InChI is InChI=1S/C19H27N3O3.ClH/c1-25-8-7-21-11-15(9-18(21)23)19(24)22-12-16(10-20)17(13-22)14-5-3-2-4-6-14;/h2-6,15-17H,7-13,20H2,1H3;1H/t15?,16-,17+;/m1./s1. The molecule has 3 atom stereocenters. The van der Waals surface area contributed by atoms with Gasteiger partial charge in [0, 0.05) is 45.6 Å². The Balaban J connectivity index is 0.00000243. The monoisotopic (exact) mass is 381 g/mol. The summed E-state index contributed by atoms with van der Waals surface area (Å²) in [5.41, 5.74) is 7.20. The van der Waals surface area contributed by atoms with E-state index in [2.05, 4.69) is 12.1 Å². The first kappa shape index (κ1) is 20.7. The fourth-order valence-electron chi connectivity index (χ4n) is 3.98. The molecule has 1 aromatic rings. The number of hydrogen-bond acceptors (Lipinski definition) is 4. The van der Waals surface area contributed by atoms with Gasteiger partial charge in [-0.1, -0.05) is 30.3 Å². The Labute approximate surface area is 161 Å². The molecule has 0 bridgehead atoms. The highest BCUT2D eigenvalue weighted by Crippen LogP contribution is 2.33. The number of carbonyl (C=O) groups is 2. The van der Waals surface area contributed by atoms with E-state index in [0.29, 0.717) is 45.8 Å². The Morgan fingerprint density at radius 1 is 1.23 bits per heavy atom. The third kappa shape index (κ3) is 4.37. The molecule has 2 saturated heterocycles. The van der Waals surface area contributed by atoms with Gasteiger partial charge in [-0.3, -0.25) is 9.59 Å². The van der Waals surface area contributed by atoms with Gasteiger partial charge in [-0.2, -0.15) is 0 Å². The summed E-state index contributed by atoms with van der Waals surface area (Å²) in [6.07, 6.45) is 0.308. The van der Waals surface area contributed by atoms with Crippen LogP contribution in [0.25, 0.3) is 0 Å². The number of ether oxygens (including phenoxy) is 1. The van der Waals surface area contributed by atoms with E-state index in [0.717, 1.165) is 0 Å². The van der Waals surface area contributed by atoms with E-state index in [9.17, 15) is 9.59 Å². The largest absolute Gasteiger partial charge is 0.383 e. The molecule has 1 unspecified atom stereocenters. The highest BCUT2D eigenvalue weighted by atomic mass is 35.5. The number of carbonyl (C=O) groups excluding carboxylic acids is 2. The maximum Gasteiger partial charge on any atom is 0.228 e. The number of halogens is 1. The van der Waals surface area contributed by atoms with E-state index in [1.165, 1.54) is 5.56 Å². The zero-order valence-electron chi connectivity index (χ0n) is 15.2. The second kappa shape index (κ2) is 9.35. The molecule has 26 heavy (non-hydrogen) atoms. The number of methoxy groups -OCH3 is 1. The molecule has 2 N–H and O–H groups in total.